The number of rotatable bonds is 3. The van der Waals surface area contributed by atoms with Gasteiger partial charge in [0.15, 0.2) is 5.13 Å². The molecule has 23 heavy (non-hydrogen) atoms. The Morgan fingerprint density at radius 3 is 2.65 bits per heavy atom. The quantitative estimate of drug-likeness (QED) is 0.546. The Morgan fingerprint density at radius 2 is 1.91 bits per heavy atom. The minimum absolute atomic E-state index is 0.215. The molecule has 7 heteroatoms. The highest BCUT2D eigenvalue weighted by atomic mass is 79.9. The molecule has 0 saturated carbocycles. The Hall–Kier alpha value is -1.40. The lowest BCUT2D eigenvalue weighted by Crippen LogP contribution is -2.12. The Balaban J connectivity index is 1.81. The van der Waals surface area contributed by atoms with E-state index in [9.17, 15) is 4.79 Å². The molecule has 1 amide bonds. The lowest BCUT2D eigenvalue weighted by molar-refractivity contribution is 0.102. The first-order valence-corrected chi connectivity index (χ1v) is 8.94. The maximum Gasteiger partial charge on any atom is 0.258 e. The fraction of sp³-hybridized carbons (Fsp3) is 0. The number of aromatic nitrogens is 1. The van der Waals surface area contributed by atoms with Crippen LogP contribution < -0.4 is 5.32 Å². The molecule has 3 rings (SSSR count). The number of benzene rings is 2. The van der Waals surface area contributed by atoms with Crippen molar-refractivity contribution in [3.05, 3.63) is 67.9 Å². The second kappa shape index (κ2) is 7.01. The van der Waals surface area contributed by atoms with Gasteiger partial charge < -0.3 is 0 Å². The van der Waals surface area contributed by atoms with E-state index in [0.717, 1.165) is 15.7 Å². The summed E-state index contributed by atoms with van der Waals surface area (Å²) in [7, 11) is 0. The van der Waals surface area contributed by atoms with Crippen LogP contribution in [-0.4, -0.2) is 10.9 Å². The molecule has 0 saturated heterocycles. The predicted molar refractivity (Wildman–Crippen MR) is 99.7 cm³/mol. The first kappa shape index (κ1) is 16.5. The molecule has 0 bridgehead atoms. The third kappa shape index (κ3) is 3.75. The maximum atomic E-state index is 12.3. The molecule has 3 aromatic rings. The Bertz CT molecular complexity index is 882. The summed E-state index contributed by atoms with van der Waals surface area (Å²) in [5, 5.41) is 6.13. The van der Waals surface area contributed by atoms with Crippen molar-refractivity contribution in [2.75, 3.05) is 5.32 Å². The molecule has 1 heterocycles. The molecule has 1 N–H and O–H groups in total. The summed E-state index contributed by atoms with van der Waals surface area (Å²) in [6.07, 6.45) is 0. The number of thiazole rings is 1. The zero-order valence-electron chi connectivity index (χ0n) is 11.5. The largest absolute Gasteiger partial charge is 0.298 e. The monoisotopic (exact) mass is 426 g/mol. The van der Waals surface area contributed by atoms with Gasteiger partial charge in [0.2, 0.25) is 0 Å². The fourth-order valence-corrected chi connectivity index (χ4v) is 3.41. The van der Waals surface area contributed by atoms with Gasteiger partial charge in [-0.2, -0.15) is 0 Å². The molecule has 0 aliphatic heterocycles. The summed E-state index contributed by atoms with van der Waals surface area (Å²) in [5.74, 6) is -0.215. The van der Waals surface area contributed by atoms with Gasteiger partial charge in [-0.1, -0.05) is 41.4 Å². The van der Waals surface area contributed by atoms with Crippen molar-refractivity contribution in [1.29, 1.82) is 0 Å². The van der Waals surface area contributed by atoms with E-state index in [2.05, 4.69) is 26.2 Å². The summed E-state index contributed by atoms with van der Waals surface area (Å²) in [6.45, 7) is 0. The Labute approximate surface area is 155 Å². The Kier molecular flexibility index (Phi) is 5.02. The van der Waals surface area contributed by atoms with E-state index in [1.54, 1.807) is 18.2 Å². The zero-order chi connectivity index (χ0) is 16.4. The van der Waals surface area contributed by atoms with E-state index in [-0.39, 0.29) is 5.91 Å². The zero-order valence-corrected chi connectivity index (χ0v) is 15.4. The van der Waals surface area contributed by atoms with Gasteiger partial charge in [0, 0.05) is 15.4 Å². The minimum Gasteiger partial charge on any atom is -0.298 e. The average molecular weight is 428 g/mol. The van der Waals surface area contributed by atoms with Crippen molar-refractivity contribution < 1.29 is 4.79 Å². The van der Waals surface area contributed by atoms with E-state index in [4.69, 9.17) is 23.2 Å². The number of amides is 1. The molecule has 0 radical (unpaired) electrons. The number of anilines is 1. The van der Waals surface area contributed by atoms with Crippen LogP contribution in [0.25, 0.3) is 11.3 Å². The van der Waals surface area contributed by atoms with Crippen molar-refractivity contribution in [2.24, 2.45) is 0 Å². The smallest absolute Gasteiger partial charge is 0.258 e. The van der Waals surface area contributed by atoms with Crippen molar-refractivity contribution >= 4 is 61.5 Å². The van der Waals surface area contributed by atoms with Crippen LogP contribution in [-0.2, 0) is 0 Å². The number of carbonyl (C=O) groups excluding carboxylic acids is 1. The minimum atomic E-state index is -0.215. The summed E-state index contributed by atoms with van der Waals surface area (Å²) >= 11 is 16.6. The highest BCUT2D eigenvalue weighted by Gasteiger charge is 2.12. The summed E-state index contributed by atoms with van der Waals surface area (Å²) in [6, 6.07) is 12.5. The topological polar surface area (TPSA) is 42.0 Å². The van der Waals surface area contributed by atoms with E-state index in [0.29, 0.717) is 20.7 Å². The fourth-order valence-electron chi connectivity index (χ4n) is 1.93. The van der Waals surface area contributed by atoms with Gasteiger partial charge in [-0.25, -0.2) is 4.98 Å². The van der Waals surface area contributed by atoms with Crippen molar-refractivity contribution in [2.45, 2.75) is 0 Å². The average Bonchev–Trinajstić information content (AvgIpc) is 2.99. The lowest BCUT2D eigenvalue weighted by Gasteiger charge is -2.03. The molecule has 0 atom stereocenters. The first-order valence-electron chi connectivity index (χ1n) is 6.51. The van der Waals surface area contributed by atoms with E-state index >= 15 is 0 Å². The van der Waals surface area contributed by atoms with E-state index < -0.39 is 0 Å². The molecule has 116 valence electrons. The molecular formula is C16H9BrCl2N2OS. The highest BCUT2D eigenvalue weighted by molar-refractivity contribution is 9.10. The second-order valence-electron chi connectivity index (χ2n) is 4.60. The van der Waals surface area contributed by atoms with Gasteiger partial charge in [0.05, 0.1) is 21.3 Å². The molecule has 0 aliphatic carbocycles. The molecular weight excluding hydrogens is 419 g/mol. The number of nitrogens with one attached hydrogen (secondary N) is 1. The highest BCUT2D eigenvalue weighted by Crippen LogP contribution is 2.30. The molecule has 0 aliphatic rings. The van der Waals surface area contributed by atoms with Gasteiger partial charge in [-0.3, -0.25) is 10.1 Å². The SMILES string of the molecule is O=C(Nc1nc(-c2ccc(Cl)c(Cl)c2)cs1)c1ccccc1Br. The van der Waals surface area contributed by atoms with Gasteiger partial charge in [0.1, 0.15) is 0 Å². The second-order valence-corrected chi connectivity index (χ2v) is 7.13. The first-order chi connectivity index (χ1) is 11.0. The van der Waals surface area contributed by atoms with Crippen LogP contribution in [0.5, 0.6) is 0 Å². The van der Waals surface area contributed by atoms with Crippen molar-refractivity contribution in [1.82, 2.24) is 4.98 Å². The van der Waals surface area contributed by atoms with Crippen LogP contribution >= 0.6 is 50.5 Å². The lowest BCUT2D eigenvalue weighted by atomic mass is 10.2. The van der Waals surface area contributed by atoms with Crippen LogP contribution in [0.2, 0.25) is 10.0 Å². The van der Waals surface area contributed by atoms with Gasteiger partial charge in [-0.15, -0.1) is 11.3 Å². The number of hydrogen-bond donors (Lipinski definition) is 1. The molecule has 0 fully saturated rings. The molecule has 0 spiro atoms. The van der Waals surface area contributed by atoms with Gasteiger partial charge in [0.25, 0.3) is 5.91 Å². The normalized spacial score (nSPS) is 10.6. The van der Waals surface area contributed by atoms with Crippen LogP contribution in [0.3, 0.4) is 0 Å². The third-order valence-corrected chi connectivity index (χ3v) is 5.25. The Morgan fingerprint density at radius 1 is 1.13 bits per heavy atom. The van der Waals surface area contributed by atoms with E-state index in [1.165, 1.54) is 11.3 Å². The summed E-state index contributed by atoms with van der Waals surface area (Å²) in [5.41, 5.74) is 2.13. The van der Waals surface area contributed by atoms with Crippen molar-refractivity contribution in [3.8, 4) is 11.3 Å². The maximum absolute atomic E-state index is 12.3. The van der Waals surface area contributed by atoms with Crippen LogP contribution in [0.1, 0.15) is 10.4 Å². The van der Waals surface area contributed by atoms with Crippen LogP contribution in [0.4, 0.5) is 5.13 Å². The summed E-state index contributed by atoms with van der Waals surface area (Å²) < 4.78 is 0.735. The van der Waals surface area contributed by atoms with Gasteiger partial charge in [-0.05, 0) is 40.2 Å². The third-order valence-electron chi connectivity index (χ3n) is 3.06. The number of nitrogens with zero attached hydrogens (tertiary/aromatic N) is 1. The standard InChI is InChI=1S/C16H9BrCl2N2OS/c17-11-4-2-1-3-10(11)15(22)21-16-20-14(8-23-16)9-5-6-12(18)13(19)7-9/h1-8H,(H,20,21,22). The molecule has 0 unspecified atom stereocenters. The van der Waals surface area contributed by atoms with E-state index in [1.807, 2.05) is 29.6 Å². The molecule has 3 nitrogen and oxygen atoms in total. The predicted octanol–water partition coefficient (Wildman–Crippen LogP) is 6.13. The van der Waals surface area contributed by atoms with Crippen LogP contribution in [0.15, 0.2) is 52.3 Å². The van der Waals surface area contributed by atoms with Crippen molar-refractivity contribution in [3.63, 3.8) is 0 Å². The number of halogens is 3. The van der Waals surface area contributed by atoms with Gasteiger partial charge >= 0.3 is 0 Å². The number of hydrogen-bond acceptors (Lipinski definition) is 3. The molecule has 2 aromatic carbocycles. The number of carbonyl (C=O) groups is 1. The molecule has 1 aromatic heterocycles. The van der Waals surface area contributed by atoms with Crippen LogP contribution in [0, 0.1) is 0 Å². The summed E-state index contributed by atoms with van der Waals surface area (Å²) in [4.78, 5) is 16.7.